The molecule has 112 valence electrons. The first kappa shape index (κ1) is 15.3. The predicted octanol–water partition coefficient (Wildman–Crippen LogP) is 2.48. The van der Waals surface area contributed by atoms with Gasteiger partial charge in [0.25, 0.3) is 0 Å². The van der Waals surface area contributed by atoms with Crippen LogP contribution in [0.3, 0.4) is 0 Å². The standard InChI is InChI=1S/C17H28N2O/c1-17(2,19(4)5)16(18-3)9-7-13-6-8-15-14(12-13)10-11-20-15/h6,8,12,16,18H,7,9-11H2,1-5H3. The van der Waals surface area contributed by atoms with Crippen LogP contribution in [0.5, 0.6) is 5.75 Å². The van der Waals surface area contributed by atoms with Crippen molar-refractivity contribution in [2.24, 2.45) is 0 Å². The number of nitrogens with zero attached hydrogens (tertiary/aromatic N) is 1. The van der Waals surface area contributed by atoms with E-state index in [2.05, 4.69) is 63.4 Å². The summed E-state index contributed by atoms with van der Waals surface area (Å²) in [5.41, 5.74) is 2.94. The van der Waals surface area contributed by atoms with Gasteiger partial charge in [-0.1, -0.05) is 12.1 Å². The highest BCUT2D eigenvalue weighted by atomic mass is 16.5. The highest BCUT2D eigenvalue weighted by Gasteiger charge is 2.30. The lowest BCUT2D eigenvalue weighted by molar-refractivity contribution is 0.137. The molecular weight excluding hydrogens is 248 g/mol. The van der Waals surface area contributed by atoms with Gasteiger partial charge in [0, 0.05) is 18.0 Å². The molecule has 3 heteroatoms. The van der Waals surface area contributed by atoms with E-state index in [0.717, 1.165) is 31.6 Å². The van der Waals surface area contributed by atoms with Gasteiger partial charge >= 0.3 is 0 Å². The van der Waals surface area contributed by atoms with Gasteiger partial charge in [-0.25, -0.2) is 0 Å². The van der Waals surface area contributed by atoms with E-state index < -0.39 is 0 Å². The van der Waals surface area contributed by atoms with E-state index in [-0.39, 0.29) is 5.54 Å². The second-order valence-corrected chi connectivity index (χ2v) is 6.47. The molecule has 0 spiro atoms. The van der Waals surface area contributed by atoms with Crippen molar-refractivity contribution < 1.29 is 4.74 Å². The molecule has 3 nitrogen and oxygen atoms in total. The normalized spacial score (nSPS) is 16.1. The van der Waals surface area contributed by atoms with Crippen LogP contribution >= 0.6 is 0 Å². The molecule has 1 aromatic carbocycles. The van der Waals surface area contributed by atoms with E-state index in [9.17, 15) is 0 Å². The van der Waals surface area contributed by atoms with Crippen molar-refractivity contribution in [2.45, 2.75) is 44.7 Å². The van der Waals surface area contributed by atoms with Crippen molar-refractivity contribution in [3.8, 4) is 5.75 Å². The molecule has 1 atom stereocenters. The predicted molar refractivity (Wildman–Crippen MR) is 84.6 cm³/mol. The zero-order valence-electron chi connectivity index (χ0n) is 13.5. The second-order valence-electron chi connectivity index (χ2n) is 6.47. The minimum absolute atomic E-state index is 0.147. The summed E-state index contributed by atoms with van der Waals surface area (Å²) in [5.74, 6) is 1.08. The summed E-state index contributed by atoms with van der Waals surface area (Å²) < 4.78 is 5.57. The summed E-state index contributed by atoms with van der Waals surface area (Å²) in [5, 5.41) is 3.48. The quantitative estimate of drug-likeness (QED) is 0.864. The van der Waals surface area contributed by atoms with Crippen LogP contribution in [-0.2, 0) is 12.8 Å². The zero-order valence-corrected chi connectivity index (χ0v) is 13.5. The summed E-state index contributed by atoms with van der Waals surface area (Å²) in [6, 6.07) is 7.13. The minimum atomic E-state index is 0.147. The molecule has 0 bridgehead atoms. The van der Waals surface area contributed by atoms with Crippen LogP contribution in [0, 0.1) is 0 Å². The van der Waals surface area contributed by atoms with Crippen molar-refractivity contribution in [3.05, 3.63) is 29.3 Å². The van der Waals surface area contributed by atoms with Gasteiger partial charge in [-0.05, 0) is 65.0 Å². The third-order valence-corrected chi connectivity index (χ3v) is 4.83. The molecule has 0 aromatic heterocycles. The Morgan fingerprint density at radius 1 is 1.35 bits per heavy atom. The van der Waals surface area contributed by atoms with Crippen LogP contribution in [0.1, 0.15) is 31.4 Å². The van der Waals surface area contributed by atoms with Crippen LogP contribution in [-0.4, -0.2) is 44.2 Å². The smallest absolute Gasteiger partial charge is 0.122 e. The number of benzene rings is 1. The number of rotatable bonds is 6. The van der Waals surface area contributed by atoms with Crippen molar-refractivity contribution in [1.29, 1.82) is 0 Å². The lowest BCUT2D eigenvalue weighted by Crippen LogP contribution is -2.54. The average molecular weight is 276 g/mol. The summed E-state index contributed by atoms with van der Waals surface area (Å²) >= 11 is 0. The van der Waals surface area contributed by atoms with Crippen molar-refractivity contribution in [2.75, 3.05) is 27.7 Å². The summed E-state index contributed by atoms with van der Waals surface area (Å²) in [4.78, 5) is 2.30. The molecule has 2 rings (SSSR count). The molecule has 0 fully saturated rings. The van der Waals surface area contributed by atoms with Gasteiger partial charge in [0.05, 0.1) is 6.61 Å². The number of nitrogens with one attached hydrogen (secondary N) is 1. The Hall–Kier alpha value is -1.06. The molecule has 1 aliphatic heterocycles. The molecular formula is C17H28N2O. The molecule has 0 aliphatic carbocycles. The fourth-order valence-electron chi connectivity index (χ4n) is 2.87. The lowest BCUT2D eigenvalue weighted by atomic mass is 9.88. The van der Waals surface area contributed by atoms with Crippen molar-refractivity contribution in [3.63, 3.8) is 0 Å². The first-order chi connectivity index (χ1) is 9.45. The number of fused-ring (bicyclic) bond motifs is 1. The summed E-state index contributed by atoms with van der Waals surface area (Å²) in [7, 11) is 6.36. The van der Waals surface area contributed by atoms with Gasteiger partial charge in [0.2, 0.25) is 0 Å². The maximum Gasteiger partial charge on any atom is 0.122 e. The first-order valence-corrected chi connectivity index (χ1v) is 7.54. The number of hydrogen-bond acceptors (Lipinski definition) is 3. The van der Waals surface area contributed by atoms with Crippen LogP contribution in [0.2, 0.25) is 0 Å². The van der Waals surface area contributed by atoms with E-state index in [1.165, 1.54) is 11.1 Å². The minimum Gasteiger partial charge on any atom is -0.493 e. The Kier molecular flexibility index (Phi) is 4.71. The van der Waals surface area contributed by atoms with E-state index in [0.29, 0.717) is 6.04 Å². The van der Waals surface area contributed by atoms with Crippen LogP contribution in [0.25, 0.3) is 0 Å². The highest BCUT2D eigenvalue weighted by Crippen LogP contribution is 2.27. The Labute approximate surface area is 123 Å². The SMILES string of the molecule is CNC(CCc1ccc2c(c1)CCO2)C(C)(C)N(C)C. The fourth-order valence-corrected chi connectivity index (χ4v) is 2.87. The number of aryl methyl sites for hydroxylation is 1. The molecule has 0 amide bonds. The molecule has 1 N–H and O–H groups in total. The Balaban J connectivity index is 2.00. The zero-order chi connectivity index (χ0) is 14.8. The summed E-state index contributed by atoms with van der Waals surface area (Å²) in [6.45, 7) is 5.43. The van der Waals surface area contributed by atoms with Crippen LogP contribution in [0.15, 0.2) is 18.2 Å². The van der Waals surface area contributed by atoms with Crippen LogP contribution < -0.4 is 10.1 Å². The monoisotopic (exact) mass is 276 g/mol. The Morgan fingerprint density at radius 3 is 2.75 bits per heavy atom. The molecule has 1 unspecified atom stereocenters. The van der Waals surface area contributed by atoms with Gasteiger partial charge in [-0.3, -0.25) is 0 Å². The molecule has 0 saturated carbocycles. The summed E-state index contributed by atoms with van der Waals surface area (Å²) in [6.07, 6.45) is 3.30. The lowest BCUT2D eigenvalue weighted by Gasteiger charge is -2.40. The van der Waals surface area contributed by atoms with Crippen LogP contribution in [0.4, 0.5) is 0 Å². The average Bonchev–Trinajstić information content (AvgIpc) is 2.86. The molecule has 1 aliphatic rings. The highest BCUT2D eigenvalue weighted by molar-refractivity contribution is 5.39. The maximum atomic E-state index is 5.57. The number of likely N-dealkylation sites (N-methyl/N-ethyl adjacent to an activating group) is 2. The van der Waals surface area contributed by atoms with Crippen molar-refractivity contribution >= 4 is 0 Å². The third kappa shape index (κ3) is 3.15. The maximum absolute atomic E-state index is 5.57. The van der Waals surface area contributed by atoms with Gasteiger partial charge in [-0.2, -0.15) is 0 Å². The molecule has 1 heterocycles. The van der Waals surface area contributed by atoms with Gasteiger partial charge in [-0.15, -0.1) is 0 Å². The molecule has 0 saturated heterocycles. The van der Waals surface area contributed by atoms with Crippen molar-refractivity contribution in [1.82, 2.24) is 10.2 Å². The van der Waals surface area contributed by atoms with E-state index in [1.807, 2.05) is 0 Å². The number of hydrogen-bond donors (Lipinski definition) is 1. The Morgan fingerprint density at radius 2 is 2.10 bits per heavy atom. The molecule has 1 aromatic rings. The van der Waals surface area contributed by atoms with Gasteiger partial charge in [0.1, 0.15) is 5.75 Å². The molecule has 20 heavy (non-hydrogen) atoms. The molecule has 0 radical (unpaired) electrons. The third-order valence-electron chi connectivity index (χ3n) is 4.83. The van der Waals surface area contributed by atoms with E-state index in [4.69, 9.17) is 4.74 Å². The largest absolute Gasteiger partial charge is 0.493 e. The number of ether oxygens (including phenoxy) is 1. The second kappa shape index (κ2) is 6.15. The van der Waals surface area contributed by atoms with Gasteiger partial charge < -0.3 is 15.0 Å². The first-order valence-electron chi connectivity index (χ1n) is 7.54. The fraction of sp³-hybridized carbons (Fsp3) is 0.647. The van der Waals surface area contributed by atoms with E-state index in [1.54, 1.807) is 0 Å². The van der Waals surface area contributed by atoms with E-state index >= 15 is 0 Å². The van der Waals surface area contributed by atoms with Gasteiger partial charge in [0.15, 0.2) is 0 Å². The Bertz CT molecular complexity index is 454. The topological polar surface area (TPSA) is 24.5 Å².